The highest BCUT2D eigenvalue weighted by Gasteiger charge is 2.34. The molecule has 3 aromatic carbocycles. The highest BCUT2D eigenvalue weighted by atomic mass is 79.9. The van der Waals surface area contributed by atoms with Gasteiger partial charge in [-0.3, -0.25) is 0 Å². The highest BCUT2D eigenvalue weighted by molar-refractivity contribution is 9.10. The molecule has 0 aliphatic heterocycles. The lowest BCUT2D eigenvalue weighted by molar-refractivity contribution is -0.138. The summed E-state index contributed by atoms with van der Waals surface area (Å²) in [6.45, 7) is 4.37. The molecule has 9 heteroatoms. The van der Waals surface area contributed by atoms with E-state index in [2.05, 4.69) is 15.9 Å². The summed E-state index contributed by atoms with van der Waals surface area (Å²) in [5.41, 5.74) is 1.85. The van der Waals surface area contributed by atoms with E-state index >= 15 is 0 Å². The number of rotatable bonds is 9. The van der Waals surface area contributed by atoms with E-state index in [-0.39, 0.29) is 24.5 Å². The third kappa shape index (κ3) is 6.77. The van der Waals surface area contributed by atoms with E-state index in [1.807, 2.05) is 46.8 Å². The van der Waals surface area contributed by atoms with Crippen molar-refractivity contribution >= 4 is 44.8 Å². The highest BCUT2D eigenvalue weighted by Crippen LogP contribution is 2.37. The summed E-state index contributed by atoms with van der Waals surface area (Å²) in [7, 11) is 0. The van der Waals surface area contributed by atoms with Gasteiger partial charge >= 0.3 is 12.1 Å². The first-order valence-electron chi connectivity index (χ1n) is 11.7. The van der Waals surface area contributed by atoms with E-state index in [1.54, 1.807) is 26.0 Å². The van der Waals surface area contributed by atoms with Crippen molar-refractivity contribution in [3.05, 3.63) is 99.2 Å². The number of carbonyl (C=O) groups excluding carboxylic acids is 1. The van der Waals surface area contributed by atoms with Crippen molar-refractivity contribution in [1.29, 1.82) is 0 Å². The van der Waals surface area contributed by atoms with E-state index in [1.165, 1.54) is 18.0 Å². The van der Waals surface area contributed by atoms with Crippen LogP contribution >= 0.6 is 27.9 Å². The zero-order valence-electron chi connectivity index (χ0n) is 20.3. The van der Waals surface area contributed by atoms with Crippen LogP contribution in [0.15, 0.2) is 80.5 Å². The second-order valence-electron chi connectivity index (χ2n) is 8.42. The topological polar surface area (TPSA) is 42.7 Å². The van der Waals surface area contributed by atoms with Gasteiger partial charge < -0.3 is 9.15 Å². The Morgan fingerprint density at radius 2 is 1.84 bits per heavy atom. The maximum atomic E-state index is 13.8. The number of fused-ring (bicyclic) bond motifs is 1. The number of hydrogen-bond donors (Lipinski definition) is 0. The number of ether oxygens (including phenoxy) is 1. The molecule has 0 unspecified atom stereocenters. The molecule has 0 atom stereocenters. The number of furan rings is 1. The zero-order chi connectivity index (χ0) is 26.6. The number of alkyl halides is 3. The molecule has 37 heavy (non-hydrogen) atoms. The van der Waals surface area contributed by atoms with Gasteiger partial charge in [0, 0.05) is 33.4 Å². The smallest absolute Gasteiger partial charge is 0.416 e. The van der Waals surface area contributed by atoms with Gasteiger partial charge in [0.1, 0.15) is 5.58 Å². The number of carbonyl (C=O) groups is 1. The summed E-state index contributed by atoms with van der Waals surface area (Å²) in [5, 5.41) is 0.760. The lowest BCUT2D eigenvalue weighted by atomic mass is 10.1. The number of halogens is 4. The molecule has 194 valence electrons. The van der Waals surface area contributed by atoms with Gasteiger partial charge in [0.15, 0.2) is 0 Å². The lowest BCUT2D eigenvalue weighted by Crippen LogP contribution is -2.21. The van der Waals surface area contributed by atoms with Crippen molar-refractivity contribution in [3.63, 3.8) is 0 Å². The number of aryl methyl sites for hydroxylation is 1. The minimum atomic E-state index is -4.47. The van der Waals surface area contributed by atoms with E-state index in [9.17, 15) is 18.0 Å². The molecule has 0 amide bonds. The molecule has 0 fully saturated rings. The van der Waals surface area contributed by atoms with E-state index in [0.717, 1.165) is 21.9 Å². The molecule has 4 nitrogen and oxygen atoms in total. The van der Waals surface area contributed by atoms with E-state index < -0.39 is 17.7 Å². The zero-order valence-corrected chi connectivity index (χ0v) is 22.7. The van der Waals surface area contributed by atoms with Crippen LogP contribution < -0.4 is 0 Å². The Bertz CT molecular complexity index is 1390. The summed E-state index contributed by atoms with van der Waals surface area (Å²) in [5.74, 6) is -0.366. The first-order valence-corrected chi connectivity index (χ1v) is 13.2. The molecule has 1 heterocycles. The third-order valence-electron chi connectivity index (χ3n) is 5.82. The molecule has 0 spiro atoms. The van der Waals surface area contributed by atoms with Crippen molar-refractivity contribution < 1.29 is 27.1 Å². The normalized spacial score (nSPS) is 11.9. The molecule has 0 saturated carbocycles. The standard InChI is InChI=1S/C28H25BrF3NO3S/c1-3-35-27(34)26-18(2)23-16-22(11-12-25(23)36-26)37-33(14-13-19-7-5-4-6-8-19)17-20-9-10-21(29)15-24(20)28(30,31)32/h4-12,15-16H,3,13-14,17H2,1-2H3. The second kappa shape index (κ2) is 11.8. The lowest BCUT2D eigenvalue weighted by Gasteiger charge is -2.23. The SMILES string of the molecule is CCOC(=O)c1oc2ccc(SN(CCc3ccccc3)Cc3ccc(Br)cc3C(F)(F)F)cc2c1C. The van der Waals surface area contributed by atoms with Crippen LogP contribution in [0, 0.1) is 6.92 Å². The fraction of sp³-hybridized carbons (Fsp3) is 0.250. The Kier molecular flexibility index (Phi) is 8.67. The summed E-state index contributed by atoms with van der Waals surface area (Å²) in [4.78, 5) is 13.1. The molecule has 0 N–H and O–H groups in total. The second-order valence-corrected chi connectivity index (χ2v) is 10.5. The molecule has 0 bridgehead atoms. The number of esters is 1. The van der Waals surface area contributed by atoms with Gasteiger partial charge in [0.05, 0.1) is 12.2 Å². The minimum Gasteiger partial charge on any atom is -0.460 e. The molecule has 4 rings (SSSR count). The average molecular weight is 592 g/mol. The Labute approximate surface area is 226 Å². The fourth-order valence-corrected chi connectivity index (χ4v) is 5.34. The predicted octanol–water partition coefficient (Wildman–Crippen LogP) is 8.45. The molecular weight excluding hydrogens is 567 g/mol. The van der Waals surface area contributed by atoms with Crippen molar-refractivity contribution in [2.75, 3.05) is 13.2 Å². The van der Waals surface area contributed by atoms with Gasteiger partial charge in [-0.2, -0.15) is 13.2 Å². The van der Waals surface area contributed by atoms with Crippen LogP contribution in [-0.2, 0) is 23.9 Å². The van der Waals surface area contributed by atoms with Gasteiger partial charge in [0.25, 0.3) is 0 Å². The largest absolute Gasteiger partial charge is 0.460 e. The first-order chi connectivity index (χ1) is 17.7. The molecule has 0 aliphatic rings. The summed E-state index contributed by atoms with van der Waals surface area (Å²) < 4.78 is 54.5. The van der Waals surface area contributed by atoms with E-state index in [4.69, 9.17) is 9.15 Å². The van der Waals surface area contributed by atoms with Crippen LogP contribution in [0.3, 0.4) is 0 Å². The van der Waals surface area contributed by atoms with Crippen molar-refractivity contribution in [3.8, 4) is 0 Å². The van der Waals surface area contributed by atoms with Crippen LogP contribution in [-0.4, -0.2) is 23.4 Å². The number of nitrogens with zero attached hydrogens (tertiary/aromatic N) is 1. The number of hydrogen-bond acceptors (Lipinski definition) is 5. The molecule has 0 radical (unpaired) electrons. The Balaban J connectivity index is 1.64. The third-order valence-corrected chi connectivity index (χ3v) is 7.35. The van der Waals surface area contributed by atoms with E-state index in [0.29, 0.717) is 28.6 Å². The summed E-state index contributed by atoms with van der Waals surface area (Å²) in [6, 6.07) is 19.6. The van der Waals surface area contributed by atoms with Gasteiger partial charge in [-0.25, -0.2) is 9.10 Å². The minimum absolute atomic E-state index is 0.0934. The number of benzene rings is 3. The van der Waals surface area contributed by atoms with Crippen LogP contribution in [0.5, 0.6) is 0 Å². The van der Waals surface area contributed by atoms with Gasteiger partial charge in [-0.05, 0) is 73.7 Å². The van der Waals surface area contributed by atoms with Crippen LogP contribution in [0.25, 0.3) is 11.0 Å². The van der Waals surface area contributed by atoms with Crippen molar-refractivity contribution in [1.82, 2.24) is 4.31 Å². The molecule has 0 saturated heterocycles. The van der Waals surface area contributed by atoms with Crippen LogP contribution in [0.2, 0.25) is 0 Å². The summed E-state index contributed by atoms with van der Waals surface area (Å²) in [6.07, 6.45) is -3.79. The monoisotopic (exact) mass is 591 g/mol. The van der Waals surface area contributed by atoms with Crippen molar-refractivity contribution in [2.24, 2.45) is 0 Å². The van der Waals surface area contributed by atoms with Gasteiger partial charge in [-0.1, -0.05) is 52.3 Å². The Morgan fingerprint density at radius 1 is 1.08 bits per heavy atom. The predicted molar refractivity (Wildman–Crippen MR) is 142 cm³/mol. The summed E-state index contributed by atoms with van der Waals surface area (Å²) >= 11 is 4.54. The van der Waals surface area contributed by atoms with Crippen LogP contribution in [0.1, 0.15) is 39.7 Å². The molecule has 0 aliphatic carbocycles. The molecule has 4 aromatic rings. The fourth-order valence-electron chi connectivity index (χ4n) is 3.99. The van der Waals surface area contributed by atoms with Gasteiger partial charge in [-0.15, -0.1) is 0 Å². The Morgan fingerprint density at radius 3 is 2.54 bits per heavy atom. The first kappa shape index (κ1) is 27.3. The maximum Gasteiger partial charge on any atom is 0.416 e. The average Bonchev–Trinajstić information content (AvgIpc) is 3.19. The van der Waals surface area contributed by atoms with Crippen LogP contribution in [0.4, 0.5) is 13.2 Å². The Hall–Kier alpha value is -2.75. The molecular formula is C28H25BrF3NO3S. The van der Waals surface area contributed by atoms with Crippen molar-refractivity contribution in [2.45, 2.75) is 37.9 Å². The molecule has 1 aromatic heterocycles. The van der Waals surface area contributed by atoms with Gasteiger partial charge in [0.2, 0.25) is 5.76 Å². The quantitative estimate of drug-likeness (QED) is 0.144. The maximum absolute atomic E-state index is 13.8.